The van der Waals surface area contributed by atoms with Crippen LogP contribution in [-0.2, 0) is 13.0 Å². The van der Waals surface area contributed by atoms with E-state index in [0.29, 0.717) is 0 Å². The smallest absolute Gasteiger partial charge is 0.0283 e. The number of hydrogen-bond acceptors (Lipinski definition) is 2. The van der Waals surface area contributed by atoms with Gasteiger partial charge in [0, 0.05) is 18.6 Å². The molecule has 0 radical (unpaired) electrons. The molecule has 2 N–H and O–H groups in total. The normalized spacial score (nSPS) is 24.1. The third-order valence-corrected chi connectivity index (χ3v) is 4.51. The topological polar surface area (TPSA) is 29.3 Å². The van der Waals surface area contributed by atoms with E-state index in [2.05, 4.69) is 36.1 Å². The van der Waals surface area contributed by atoms with E-state index in [1.165, 1.54) is 43.4 Å². The molecule has 0 amide bonds. The molecule has 0 saturated heterocycles. The van der Waals surface area contributed by atoms with Crippen molar-refractivity contribution in [3.05, 3.63) is 35.4 Å². The number of rotatable bonds is 3. The predicted octanol–water partition coefficient (Wildman–Crippen LogP) is 2.56. The van der Waals surface area contributed by atoms with Crippen LogP contribution >= 0.6 is 0 Å². The van der Waals surface area contributed by atoms with Gasteiger partial charge in [0.1, 0.15) is 0 Å². The average molecular weight is 244 g/mol. The van der Waals surface area contributed by atoms with Crippen molar-refractivity contribution in [3.63, 3.8) is 0 Å². The number of benzene rings is 1. The fourth-order valence-electron chi connectivity index (χ4n) is 3.26. The summed E-state index contributed by atoms with van der Waals surface area (Å²) in [6, 6.07) is 8.87. The lowest BCUT2D eigenvalue weighted by Gasteiger charge is -2.32. The zero-order chi connectivity index (χ0) is 12.6. The van der Waals surface area contributed by atoms with Gasteiger partial charge in [-0.05, 0) is 56.2 Å². The Balaban J connectivity index is 1.71. The lowest BCUT2D eigenvalue weighted by Crippen LogP contribution is -2.49. The maximum Gasteiger partial charge on any atom is 0.0283 e. The van der Waals surface area contributed by atoms with E-state index in [4.69, 9.17) is 5.73 Å². The van der Waals surface area contributed by atoms with Gasteiger partial charge in [-0.25, -0.2) is 0 Å². The van der Waals surface area contributed by atoms with E-state index in [1.807, 2.05) is 0 Å². The minimum Gasteiger partial charge on any atom is -0.324 e. The minimum absolute atomic E-state index is 0.0132. The van der Waals surface area contributed by atoms with Crippen LogP contribution in [0.1, 0.15) is 37.3 Å². The van der Waals surface area contributed by atoms with E-state index in [9.17, 15) is 0 Å². The molecule has 1 aliphatic heterocycles. The summed E-state index contributed by atoms with van der Waals surface area (Å²) in [5.41, 5.74) is 9.53. The summed E-state index contributed by atoms with van der Waals surface area (Å²) in [4.78, 5) is 2.56. The summed E-state index contributed by atoms with van der Waals surface area (Å²) >= 11 is 0. The van der Waals surface area contributed by atoms with E-state index in [0.717, 1.165) is 19.0 Å². The molecule has 1 unspecified atom stereocenters. The highest BCUT2D eigenvalue weighted by Gasteiger charge is 2.39. The molecule has 1 aromatic carbocycles. The van der Waals surface area contributed by atoms with Crippen molar-refractivity contribution >= 4 is 0 Å². The first-order valence-corrected chi connectivity index (χ1v) is 7.23. The van der Waals surface area contributed by atoms with Crippen LogP contribution in [0.5, 0.6) is 0 Å². The van der Waals surface area contributed by atoms with Crippen LogP contribution in [0.3, 0.4) is 0 Å². The van der Waals surface area contributed by atoms with Crippen LogP contribution in [-0.4, -0.2) is 23.5 Å². The number of hydrogen-bond donors (Lipinski definition) is 1. The molecule has 2 heteroatoms. The van der Waals surface area contributed by atoms with Crippen molar-refractivity contribution in [1.82, 2.24) is 4.90 Å². The molecule has 1 atom stereocenters. The molecule has 0 spiro atoms. The van der Waals surface area contributed by atoms with E-state index in [-0.39, 0.29) is 5.54 Å². The SMILES string of the molecule is CC(N)(CN1CCCc2ccccc2C1)C1CC1. The van der Waals surface area contributed by atoms with Gasteiger partial charge in [-0.2, -0.15) is 0 Å². The first-order chi connectivity index (χ1) is 8.65. The second-order valence-electron chi connectivity index (χ2n) is 6.36. The number of fused-ring (bicyclic) bond motifs is 1. The van der Waals surface area contributed by atoms with Crippen LogP contribution in [0.2, 0.25) is 0 Å². The molecular weight excluding hydrogens is 220 g/mol. The lowest BCUT2D eigenvalue weighted by atomic mass is 9.96. The van der Waals surface area contributed by atoms with Gasteiger partial charge < -0.3 is 5.73 Å². The number of aryl methyl sites for hydroxylation is 1. The summed E-state index contributed by atoms with van der Waals surface area (Å²) in [6.45, 7) is 5.55. The van der Waals surface area contributed by atoms with Crippen LogP contribution in [0, 0.1) is 5.92 Å². The summed E-state index contributed by atoms with van der Waals surface area (Å²) in [7, 11) is 0. The Hall–Kier alpha value is -0.860. The Bertz CT molecular complexity index is 421. The third kappa shape index (κ3) is 2.60. The third-order valence-electron chi connectivity index (χ3n) is 4.51. The van der Waals surface area contributed by atoms with Gasteiger partial charge in [-0.3, -0.25) is 4.90 Å². The highest BCUT2D eigenvalue weighted by Crippen LogP contribution is 2.38. The van der Waals surface area contributed by atoms with Gasteiger partial charge in [0.15, 0.2) is 0 Å². The van der Waals surface area contributed by atoms with Gasteiger partial charge in [-0.15, -0.1) is 0 Å². The van der Waals surface area contributed by atoms with Crippen LogP contribution < -0.4 is 5.73 Å². The van der Waals surface area contributed by atoms with Crippen molar-refractivity contribution in [1.29, 1.82) is 0 Å². The molecule has 3 rings (SSSR count). The highest BCUT2D eigenvalue weighted by molar-refractivity contribution is 5.28. The monoisotopic (exact) mass is 244 g/mol. The number of nitrogens with two attached hydrogens (primary N) is 1. The fourth-order valence-corrected chi connectivity index (χ4v) is 3.26. The molecule has 1 aromatic rings. The van der Waals surface area contributed by atoms with E-state index in [1.54, 1.807) is 0 Å². The molecule has 98 valence electrons. The molecular formula is C16H24N2. The zero-order valence-electron chi connectivity index (χ0n) is 11.4. The largest absolute Gasteiger partial charge is 0.324 e. The lowest BCUT2D eigenvalue weighted by molar-refractivity contribution is 0.197. The van der Waals surface area contributed by atoms with Gasteiger partial charge in [0.2, 0.25) is 0 Å². The highest BCUT2D eigenvalue weighted by atomic mass is 15.1. The fraction of sp³-hybridized carbons (Fsp3) is 0.625. The number of nitrogens with zero attached hydrogens (tertiary/aromatic N) is 1. The Kier molecular flexibility index (Phi) is 3.16. The standard InChI is InChI=1S/C16H24N2/c1-16(17,15-8-9-15)12-18-10-4-7-13-5-2-3-6-14(13)11-18/h2-3,5-6,15H,4,7-12,17H2,1H3. The van der Waals surface area contributed by atoms with Gasteiger partial charge in [-0.1, -0.05) is 24.3 Å². The van der Waals surface area contributed by atoms with Crippen molar-refractivity contribution in [3.8, 4) is 0 Å². The van der Waals surface area contributed by atoms with Gasteiger partial charge >= 0.3 is 0 Å². The minimum atomic E-state index is 0.0132. The predicted molar refractivity (Wildman–Crippen MR) is 75.4 cm³/mol. The summed E-state index contributed by atoms with van der Waals surface area (Å²) in [5.74, 6) is 0.760. The second kappa shape index (κ2) is 4.67. The van der Waals surface area contributed by atoms with E-state index < -0.39 is 0 Å². The maximum absolute atomic E-state index is 6.48. The van der Waals surface area contributed by atoms with E-state index >= 15 is 0 Å². The second-order valence-corrected chi connectivity index (χ2v) is 6.36. The van der Waals surface area contributed by atoms with Crippen LogP contribution in [0.15, 0.2) is 24.3 Å². The van der Waals surface area contributed by atoms with Gasteiger partial charge in [0.05, 0.1) is 0 Å². The summed E-state index contributed by atoms with van der Waals surface area (Å²) in [5, 5.41) is 0. The summed E-state index contributed by atoms with van der Waals surface area (Å²) in [6.07, 6.45) is 5.14. The summed E-state index contributed by atoms with van der Waals surface area (Å²) < 4.78 is 0. The quantitative estimate of drug-likeness (QED) is 0.885. The van der Waals surface area contributed by atoms with Crippen molar-refractivity contribution < 1.29 is 0 Å². The molecule has 2 nitrogen and oxygen atoms in total. The zero-order valence-corrected chi connectivity index (χ0v) is 11.4. The van der Waals surface area contributed by atoms with Crippen LogP contribution in [0.25, 0.3) is 0 Å². The molecule has 1 heterocycles. The molecule has 1 aliphatic carbocycles. The maximum atomic E-state index is 6.48. The first-order valence-electron chi connectivity index (χ1n) is 7.23. The Morgan fingerprint density at radius 1 is 1.28 bits per heavy atom. The van der Waals surface area contributed by atoms with Crippen molar-refractivity contribution in [2.75, 3.05) is 13.1 Å². The van der Waals surface area contributed by atoms with Crippen molar-refractivity contribution in [2.45, 2.75) is 44.7 Å². The molecule has 0 bridgehead atoms. The first kappa shape index (κ1) is 12.2. The van der Waals surface area contributed by atoms with Crippen molar-refractivity contribution in [2.24, 2.45) is 11.7 Å². The Morgan fingerprint density at radius 2 is 2.00 bits per heavy atom. The van der Waals surface area contributed by atoms with Gasteiger partial charge in [0.25, 0.3) is 0 Å². The Labute approximate surface area is 110 Å². The Morgan fingerprint density at radius 3 is 2.72 bits per heavy atom. The van der Waals surface area contributed by atoms with Crippen LogP contribution in [0.4, 0.5) is 0 Å². The molecule has 18 heavy (non-hydrogen) atoms. The average Bonchev–Trinajstić information content (AvgIpc) is 3.15. The molecule has 1 saturated carbocycles. The molecule has 2 aliphatic rings. The molecule has 1 fully saturated rings. The molecule has 0 aromatic heterocycles.